The average Bonchev–Trinajstić information content (AvgIpc) is 3.40. The topological polar surface area (TPSA) is 115 Å². The van der Waals surface area contributed by atoms with E-state index < -0.39 is 5.97 Å². The first-order valence-electron chi connectivity index (χ1n) is 10.3. The molecule has 1 saturated carbocycles. The van der Waals surface area contributed by atoms with Crippen LogP contribution < -0.4 is 4.74 Å². The molecule has 0 spiro atoms. The zero-order valence-corrected chi connectivity index (χ0v) is 18.8. The molecule has 1 aliphatic heterocycles. The minimum Gasteiger partial charge on any atom is -0.487 e. The monoisotopic (exact) mass is 471 g/mol. The van der Waals surface area contributed by atoms with Crippen molar-refractivity contribution in [3.05, 3.63) is 63.7 Å². The van der Waals surface area contributed by atoms with Gasteiger partial charge in [0.1, 0.15) is 22.4 Å². The Kier molecular flexibility index (Phi) is 6.53. The zero-order chi connectivity index (χ0) is 22.8. The molecule has 4 rings (SSSR count). The molecule has 0 bridgehead atoms. The number of ether oxygens (including phenoxy) is 1. The van der Waals surface area contributed by atoms with Gasteiger partial charge in [-0.1, -0.05) is 42.3 Å². The molecule has 0 aromatic heterocycles. The molecule has 2 aromatic rings. The summed E-state index contributed by atoms with van der Waals surface area (Å²) in [5.41, 5.74) is 1.93. The van der Waals surface area contributed by atoms with Gasteiger partial charge >= 0.3 is 5.97 Å². The molecule has 166 valence electrons. The Hall–Kier alpha value is -2.84. The number of halogens is 1. The molecular weight excluding hydrogens is 450 g/mol. The first-order chi connectivity index (χ1) is 15.3. The zero-order valence-electron chi connectivity index (χ0n) is 17.2. The molecule has 7 nitrogen and oxygen atoms in total. The Morgan fingerprint density at radius 1 is 1.19 bits per heavy atom. The molecule has 1 heterocycles. The molecule has 2 aliphatic rings. The summed E-state index contributed by atoms with van der Waals surface area (Å²) in [4.78, 5) is 25.9. The lowest BCUT2D eigenvalue weighted by atomic mass is 10.1. The van der Waals surface area contributed by atoms with Crippen LogP contribution >= 0.6 is 23.4 Å². The third-order valence-corrected chi connectivity index (χ3v) is 6.86. The van der Waals surface area contributed by atoms with Crippen molar-refractivity contribution in [2.75, 3.05) is 6.61 Å². The summed E-state index contributed by atoms with van der Waals surface area (Å²) < 4.78 is 5.72. The normalized spacial score (nSPS) is 15.7. The van der Waals surface area contributed by atoms with Crippen LogP contribution in [0.25, 0.3) is 0 Å². The molecule has 1 fully saturated rings. The van der Waals surface area contributed by atoms with E-state index in [9.17, 15) is 14.7 Å². The molecule has 0 atom stereocenters. The van der Waals surface area contributed by atoms with Crippen LogP contribution in [0.15, 0.2) is 36.4 Å². The summed E-state index contributed by atoms with van der Waals surface area (Å²) in [5, 5.41) is 25.7. The molecule has 0 radical (unpaired) electrons. The van der Waals surface area contributed by atoms with Gasteiger partial charge in [-0.2, -0.15) is 0 Å². The molecular formula is C23H22ClN3O4S. The van der Waals surface area contributed by atoms with E-state index in [1.165, 1.54) is 25.0 Å². The lowest BCUT2D eigenvalue weighted by molar-refractivity contribution is 0.0691. The second-order valence-corrected chi connectivity index (χ2v) is 9.35. The highest BCUT2D eigenvalue weighted by Crippen LogP contribution is 2.33. The Bertz CT molecular complexity index is 1110. The van der Waals surface area contributed by atoms with Gasteiger partial charge in [0, 0.05) is 23.7 Å². The summed E-state index contributed by atoms with van der Waals surface area (Å²) in [5.74, 6) is -0.519. The van der Waals surface area contributed by atoms with Gasteiger partial charge in [0.15, 0.2) is 0 Å². The number of carboxylic acids is 1. The van der Waals surface area contributed by atoms with Crippen molar-refractivity contribution in [3.8, 4) is 5.75 Å². The molecule has 1 amide bonds. The van der Waals surface area contributed by atoms with E-state index in [4.69, 9.17) is 27.2 Å². The summed E-state index contributed by atoms with van der Waals surface area (Å²) in [6.45, 7) is 0.556. The van der Waals surface area contributed by atoms with Gasteiger partial charge in [0.05, 0.1) is 10.6 Å². The molecule has 0 unspecified atom stereocenters. The van der Waals surface area contributed by atoms with E-state index in [1.54, 1.807) is 18.2 Å². The van der Waals surface area contributed by atoms with Crippen molar-refractivity contribution in [2.45, 2.75) is 38.3 Å². The van der Waals surface area contributed by atoms with Crippen molar-refractivity contribution < 1.29 is 19.4 Å². The maximum atomic E-state index is 12.7. The fourth-order valence-corrected chi connectivity index (χ4v) is 4.92. The number of carbonyl (C=O) groups excluding carboxylic acids is 1. The lowest BCUT2D eigenvalue weighted by Gasteiger charge is -2.23. The minimum atomic E-state index is -1.17. The van der Waals surface area contributed by atoms with Crippen molar-refractivity contribution >= 4 is 45.3 Å². The van der Waals surface area contributed by atoms with E-state index in [-0.39, 0.29) is 33.2 Å². The van der Waals surface area contributed by atoms with Crippen LogP contribution in [0.4, 0.5) is 0 Å². The number of rotatable bonds is 6. The van der Waals surface area contributed by atoms with Crippen LogP contribution in [0.1, 0.15) is 57.5 Å². The summed E-state index contributed by atoms with van der Waals surface area (Å²) in [6.07, 6.45) is 4.46. The number of aromatic carboxylic acids is 1. The van der Waals surface area contributed by atoms with Crippen molar-refractivity contribution in [3.63, 3.8) is 0 Å². The Labute approximate surface area is 194 Å². The van der Waals surface area contributed by atoms with Gasteiger partial charge in [-0.3, -0.25) is 15.6 Å². The summed E-state index contributed by atoms with van der Waals surface area (Å²) in [7, 11) is 0. The maximum absolute atomic E-state index is 12.7. The number of benzene rings is 2. The second-order valence-electron chi connectivity index (χ2n) is 7.83. The molecule has 1 aliphatic carbocycles. The standard InChI is InChI=1S/C23H22ClN3O4S/c24-19-8-5-13(10-18(19)23(29)30)21(26)32-20(25)12-31-16-6-7-17-14(9-16)11-27(22(17)28)15-3-1-2-4-15/h5-10,15,25-26H,1-4,11-12H2,(H,29,30). The average molecular weight is 472 g/mol. The minimum absolute atomic E-state index is 0.0320. The number of nitrogens with zero attached hydrogens (tertiary/aromatic N) is 1. The number of hydrogen-bond donors (Lipinski definition) is 3. The Balaban J connectivity index is 1.35. The number of nitrogens with one attached hydrogen (secondary N) is 2. The van der Waals surface area contributed by atoms with Gasteiger partial charge in [0.2, 0.25) is 0 Å². The first-order valence-corrected chi connectivity index (χ1v) is 11.5. The van der Waals surface area contributed by atoms with Gasteiger partial charge in [-0.15, -0.1) is 0 Å². The van der Waals surface area contributed by atoms with E-state index in [1.807, 2.05) is 11.0 Å². The second kappa shape index (κ2) is 9.34. The van der Waals surface area contributed by atoms with Crippen LogP contribution in [0.5, 0.6) is 5.75 Å². The molecule has 9 heteroatoms. The van der Waals surface area contributed by atoms with Crippen LogP contribution in [-0.4, -0.2) is 44.6 Å². The Morgan fingerprint density at radius 3 is 2.66 bits per heavy atom. The highest BCUT2D eigenvalue weighted by Gasteiger charge is 2.34. The fraction of sp³-hybridized carbons (Fsp3) is 0.304. The van der Waals surface area contributed by atoms with Crippen LogP contribution in [0.3, 0.4) is 0 Å². The molecule has 2 aromatic carbocycles. The highest BCUT2D eigenvalue weighted by molar-refractivity contribution is 8.26. The number of hydrogen-bond acceptors (Lipinski definition) is 6. The van der Waals surface area contributed by atoms with Crippen molar-refractivity contribution in [1.29, 1.82) is 10.8 Å². The van der Waals surface area contributed by atoms with Crippen LogP contribution in [0, 0.1) is 10.8 Å². The maximum Gasteiger partial charge on any atom is 0.337 e. The number of carbonyl (C=O) groups is 2. The molecule has 32 heavy (non-hydrogen) atoms. The highest BCUT2D eigenvalue weighted by atomic mass is 35.5. The smallest absolute Gasteiger partial charge is 0.337 e. The number of amides is 1. The third kappa shape index (κ3) is 4.66. The van der Waals surface area contributed by atoms with E-state index in [0.717, 1.165) is 30.2 Å². The molecule has 3 N–H and O–H groups in total. The van der Waals surface area contributed by atoms with Gasteiger partial charge < -0.3 is 14.7 Å². The van der Waals surface area contributed by atoms with Crippen molar-refractivity contribution in [1.82, 2.24) is 4.90 Å². The quantitative estimate of drug-likeness (QED) is 0.402. The predicted octanol–water partition coefficient (Wildman–Crippen LogP) is 5.05. The lowest BCUT2D eigenvalue weighted by Crippen LogP contribution is -2.33. The van der Waals surface area contributed by atoms with Gasteiger partial charge in [-0.05, 0) is 48.7 Å². The number of carboxylic acid groups (broad SMARTS) is 1. The fourth-order valence-electron chi connectivity index (χ4n) is 4.11. The van der Waals surface area contributed by atoms with Gasteiger partial charge in [0.25, 0.3) is 5.91 Å². The SMILES string of the molecule is N=C(COc1ccc2c(c1)CN(C1CCCC1)C2=O)SC(=N)c1ccc(Cl)c(C(=O)O)c1. The Morgan fingerprint density at radius 2 is 1.94 bits per heavy atom. The predicted molar refractivity (Wildman–Crippen MR) is 125 cm³/mol. The first kappa shape index (κ1) is 22.4. The van der Waals surface area contributed by atoms with Crippen LogP contribution in [0.2, 0.25) is 5.02 Å². The van der Waals surface area contributed by atoms with Crippen molar-refractivity contribution in [2.24, 2.45) is 0 Å². The summed E-state index contributed by atoms with van der Waals surface area (Å²) in [6, 6.07) is 9.98. The van der Waals surface area contributed by atoms with E-state index in [0.29, 0.717) is 29.5 Å². The van der Waals surface area contributed by atoms with Crippen LogP contribution in [-0.2, 0) is 6.54 Å². The molecule has 0 saturated heterocycles. The number of thioether (sulfide) groups is 1. The van der Waals surface area contributed by atoms with E-state index in [2.05, 4.69) is 0 Å². The summed E-state index contributed by atoms with van der Waals surface area (Å²) >= 11 is 6.75. The number of fused-ring (bicyclic) bond motifs is 1. The van der Waals surface area contributed by atoms with E-state index >= 15 is 0 Å². The van der Waals surface area contributed by atoms with Gasteiger partial charge in [-0.25, -0.2) is 4.79 Å². The third-order valence-electron chi connectivity index (χ3n) is 5.73. The largest absolute Gasteiger partial charge is 0.487 e.